The van der Waals surface area contributed by atoms with E-state index in [1.54, 1.807) is 39.0 Å². The standard InChI is InChI=1S/C15H19NO5/c1-9(2)21-15(19)10(3)16-12-5-4-11(7-17)6-13(12)20-8-14(16)18/h4-6,9-10,17H,7-8H2,1-3H3. The zero-order valence-electron chi connectivity index (χ0n) is 12.3. The monoisotopic (exact) mass is 293 g/mol. The van der Waals surface area contributed by atoms with Gasteiger partial charge in [-0.2, -0.15) is 0 Å². The summed E-state index contributed by atoms with van der Waals surface area (Å²) in [6, 6.07) is 4.28. The maximum Gasteiger partial charge on any atom is 0.329 e. The lowest BCUT2D eigenvalue weighted by Gasteiger charge is -2.33. The fourth-order valence-corrected chi connectivity index (χ4v) is 2.18. The molecule has 114 valence electrons. The summed E-state index contributed by atoms with van der Waals surface area (Å²) in [5.41, 5.74) is 1.19. The molecular formula is C15H19NO5. The fourth-order valence-electron chi connectivity index (χ4n) is 2.18. The molecule has 0 bridgehead atoms. The summed E-state index contributed by atoms with van der Waals surface area (Å²) in [6.45, 7) is 4.88. The van der Waals surface area contributed by atoms with Gasteiger partial charge in [0.1, 0.15) is 11.8 Å². The molecule has 1 atom stereocenters. The predicted molar refractivity (Wildman–Crippen MR) is 76.0 cm³/mol. The summed E-state index contributed by atoms with van der Waals surface area (Å²) in [6.07, 6.45) is -0.243. The van der Waals surface area contributed by atoms with Gasteiger partial charge in [0.25, 0.3) is 5.91 Å². The van der Waals surface area contributed by atoms with E-state index in [1.807, 2.05) is 0 Å². The first-order chi connectivity index (χ1) is 9.93. The van der Waals surface area contributed by atoms with Crippen LogP contribution >= 0.6 is 0 Å². The van der Waals surface area contributed by atoms with Gasteiger partial charge in [0.15, 0.2) is 6.61 Å². The zero-order chi connectivity index (χ0) is 15.6. The van der Waals surface area contributed by atoms with Gasteiger partial charge in [-0.1, -0.05) is 6.07 Å². The minimum absolute atomic E-state index is 0.116. The summed E-state index contributed by atoms with van der Waals surface area (Å²) in [4.78, 5) is 25.5. The number of fused-ring (bicyclic) bond motifs is 1. The Morgan fingerprint density at radius 1 is 1.43 bits per heavy atom. The van der Waals surface area contributed by atoms with Crippen LogP contribution in [0.2, 0.25) is 0 Å². The first-order valence-corrected chi connectivity index (χ1v) is 6.83. The van der Waals surface area contributed by atoms with E-state index in [4.69, 9.17) is 14.6 Å². The first kappa shape index (κ1) is 15.3. The normalized spacial score (nSPS) is 15.5. The molecule has 0 radical (unpaired) electrons. The van der Waals surface area contributed by atoms with Gasteiger partial charge in [0, 0.05) is 0 Å². The van der Waals surface area contributed by atoms with Crippen molar-refractivity contribution in [2.24, 2.45) is 0 Å². The van der Waals surface area contributed by atoms with Gasteiger partial charge in [-0.3, -0.25) is 9.69 Å². The van der Waals surface area contributed by atoms with E-state index < -0.39 is 12.0 Å². The molecule has 0 aliphatic carbocycles. The first-order valence-electron chi connectivity index (χ1n) is 6.83. The summed E-state index contributed by atoms with van der Waals surface area (Å²) in [5, 5.41) is 9.14. The Balaban J connectivity index is 2.31. The second-order valence-electron chi connectivity index (χ2n) is 5.17. The minimum Gasteiger partial charge on any atom is -0.482 e. The fraction of sp³-hybridized carbons (Fsp3) is 0.467. The highest BCUT2D eigenvalue weighted by atomic mass is 16.5. The van der Waals surface area contributed by atoms with Gasteiger partial charge in [-0.25, -0.2) is 4.79 Å². The Morgan fingerprint density at radius 3 is 2.76 bits per heavy atom. The number of hydrogen-bond acceptors (Lipinski definition) is 5. The molecule has 1 heterocycles. The van der Waals surface area contributed by atoms with Crippen molar-refractivity contribution in [2.45, 2.75) is 39.5 Å². The van der Waals surface area contributed by atoms with Crippen LogP contribution < -0.4 is 9.64 Å². The average Bonchev–Trinajstić information content (AvgIpc) is 2.45. The molecule has 0 fully saturated rings. The Bertz CT molecular complexity index is 555. The van der Waals surface area contributed by atoms with E-state index in [9.17, 15) is 9.59 Å². The van der Waals surface area contributed by atoms with Crippen molar-refractivity contribution < 1.29 is 24.2 Å². The summed E-state index contributed by atoms with van der Waals surface area (Å²) in [5.74, 6) is -0.282. The molecule has 0 saturated carbocycles. The summed E-state index contributed by atoms with van der Waals surface area (Å²) < 4.78 is 10.5. The van der Waals surface area contributed by atoms with Crippen LogP contribution in [0.15, 0.2) is 18.2 Å². The molecule has 21 heavy (non-hydrogen) atoms. The van der Waals surface area contributed by atoms with Gasteiger partial charge in [-0.15, -0.1) is 0 Å². The van der Waals surface area contributed by atoms with Crippen LogP contribution in [-0.4, -0.2) is 35.7 Å². The third-order valence-corrected chi connectivity index (χ3v) is 3.17. The van der Waals surface area contributed by atoms with Crippen molar-refractivity contribution in [3.63, 3.8) is 0 Å². The van der Waals surface area contributed by atoms with Gasteiger partial charge in [0.2, 0.25) is 0 Å². The molecular weight excluding hydrogens is 274 g/mol. The van der Waals surface area contributed by atoms with Crippen LogP contribution in [0.3, 0.4) is 0 Å². The van der Waals surface area contributed by atoms with Crippen LogP contribution in [0.1, 0.15) is 26.3 Å². The van der Waals surface area contributed by atoms with E-state index in [0.717, 1.165) is 0 Å². The number of ether oxygens (including phenoxy) is 2. The molecule has 1 aromatic carbocycles. The molecule has 1 aromatic rings. The molecule has 1 unspecified atom stereocenters. The van der Waals surface area contributed by atoms with Gasteiger partial charge >= 0.3 is 5.97 Å². The maximum absolute atomic E-state index is 12.1. The number of esters is 1. The van der Waals surface area contributed by atoms with E-state index >= 15 is 0 Å². The van der Waals surface area contributed by atoms with Crippen LogP contribution in [-0.2, 0) is 20.9 Å². The smallest absolute Gasteiger partial charge is 0.329 e. The number of carbonyl (C=O) groups excluding carboxylic acids is 2. The largest absolute Gasteiger partial charge is 0.482 e. The van der Waals surface area contributed by atoms with Crippen LogP contribution in [0.5, 0.6) is 5.75 Å². The van der Waals surface area contributed by atoms with Gasteiger partial charge in [0.05, 0.1) is 18.4 Å². The van der Waals surface area contributed by atoms with E-state index in [-0.39, 0.29) is 25.2 Å². The summed E-state index contributed by atoms with van der Waals surface area (Å²) >= 11 is 0. The molecule has 1 amide bonds. The number of rotatable bonds is 4. The number of anilines is 1. The Morgan fingerprint density at radius 2 is 2.14 bits per heavy atom. The molecule has 0 spiro atoms. The third kappa shape index (κ3) is 3.16. The number of hydrogen-bond donors (Lipinski definition) is 1. The number of amides is 1. The Kier molecular flexibility index (Phi) is 4.47. The molecule has 1 aliphatic rings. The van der Waals surface area contributed by atoms with Crippen LogP contribution in [0.4, 0.5) is 5.69 Å². The second kappa shape index (κ2) is 6.13. The summed E-state index contributed by atoms with van der Waals surface area (Å²) in [7, 11) is 0. The van der Waals surface area contributed by atoms with E-state index in [2.05, 4.69) is 0 Å². The highest BCUT2D eigenvalue weighted by molar-refractivity contribution is 6.02. The Labute approximate surface area is 123 Å². The zero-order valence-corrected chi connectivity index (χ0v) is 12.3. The van der Waals surface area contributed by atoms with Gasteiger partial charge < -0.3 is 14.6 Å². The number of aliphatic hydroxyl groups is 1. The van der Waals surface area contributed by atoms with Crippen molar-refractivity contribution in [2.75, 3.05) is 11.5 Å². The molecule has 1 N–H and O–H groups in total. The maximum atomic E-state index is 12.1. The van der Waals surface area contributed by atoms with Crippen molar-refractivity contribution in [1.82, 2.24) is 0 Å². The number of nitrogens with zero attached hydrogens (tertiary/aromatic N) is 1. The molecule has 6 nitrogen and oxygen atoms in total. The van der Waals surface area contributed by atoms with Crippen molar-refractivity contribution in [3.05, 3.63) is 23.8 Å². The quantitative estimate of drug-likeness (QED) is 0.845. The SMILES string of the molecule is CC(C)OC(=O)C(C)N1C(=O)COc2cc(CO)ccc21. The van der Waals surface area contributed by atoms with E-state index in [1.165, 1.54) is 4.90 Å². The third-order valence-electron chi connectivity index (χ3n) is 3.17. The second-order valence-corrected chi connectivity index (χ2v) is 5.17. The van der Waals surface area contributed by atoms with E-state index in [0.29, 0.717) is 17.0 Å². The minimum atomic E-state index is -0.734. The van der Waals surface area contributed by atoms with Crippen molar-refractivity contribution in [3.8, 4) is 5.75 Å². The number of benzene rings is 1. The molecule has 2 rings (SSSR count). The highest BCUT2D eigenvalue weighted by Gasteiger charge is 2.34. The number of carbonyl (C=O) groups is 2. The molecule has 0 aromatic heterocycles. The Hall–Kier alpha value is -2.08. The number of aliphatic hydroxyl groups excluding tert-OH is 1. The lowest BCUT2D eigenvalue weighted by atomic mass is 10.1. The molecule has 0 saturated heterocycles. The van der Waals surface area contributed by atoms with Gasteiger partial charge in [-0.05, 0) is 38.5 Å². The van der Waals surface area contributed by atoms with Crippen LogP contribution in [0.25, 0.3) is 0 Å². The average molecular weight is 293 g/mol. The van der Waals surface area contributed by atoms with Crippen molar-refractivity contribution in [1.29, 1.82) is 0 Å². The highest BCUT2D eigenvalue weighted by Crippen LogP contribution is 2.34. The molecule has 1 aliphatic heterocycles. The molecule has 6 heteroatoms. The predicted octanol–water partition coefficient (Wildman–Crippen LogP) is 1.24. The van der Waals surface area contributed by atoms with Crippen LogP contribution in [0, 0.1) is 0 Å². The van der Waals surface area contributed by atoms with Crippen molar-refractivity contribution >= 4 is 17.6 Å². The topological polar surface area (TPSA) is 76.1 Å². The lowest BCUT2D eigenvalue weighted by Crippen LogP contribution is -2.49. The lowest BCUT2D eigenvalue weighted by molar-refractivity contribution is -0.149.